The predicted octanol–water partition coefficient (Wildman–Crippen LogP) is 3.12. The number of aromatic nitrogens is 2. The Morgan fingerprint density at radius 2 is 1.85 bits per heavy atom. The van der Waals surface area contributed by atoms with Crippen LogP contribution in [-0.2, 0) is 0 Å². The van der Waals surface area contributed by atoms with E-state index < -0.39 is 11.8 Å². The summed E-state index contributed by atoms with van der Waals surface area (Å²) in [5, 5.41) is 12.4. The fraction of sp³-hybridized carbons (Fsp3) is 0.643. The van der Waals surface area contributed by atoms with Crippen molar-refractivity contribution in [1.82, 2.24) is 9.97 Å². The molecule has 3 fully saturated rings. The maximum atomic E-state index is 13.2. The zero-order chi connectivity index (χ0) is 14.2. The zero-order valence-corrected chi connectivity index (χ0v) is 11.1. The monoisotopic (exact) mass is 278 g/mol. The van der Waals surface area contributed by atoms with E-state index in [1.807, 2.05) is 0 Å². The lowest BCUT2D eigenvalue weighted by atomic mass is 9.57. The fourth-order valence-electron chi connectivity index (χ4n) is 3.49. The Morgan fingerprint density at radius 1 is 1.20 bits per heavy atom. The molecule has 0 atom stereocenters. The van der Waals surface area contributed by atoms with E-state index >= 15 is 0 Å². The van der Waals surface area contributed by atoms with Gasteiger partial charge in [-0.2, -0.15) is 5.26 Å². The number of anilines is 1. The molecule has 0 amide bonds. The maximum Gasteiger partial charge on any atom is 0.244 e. The lowest BCUT2D eigenvalue weighted by Crippen LogP contribution is -2.53. The summed E-state index contributed by atoms with van der Waals surface area (Å²) in [5.74, 6) is 0.522. The minimum absolute atomic E-state index is 0.184. The van der Waals surface area contributed by atoms with Crippen molar-refractivity contribution in [2.75, 3.05) is 5.32 Å². The average Bonchev–Trinajstić information content (AvgIpc) is 2.49. The summed E-state index contributed by atoms with van der Waals surface area (Å²) in [7, 11) is 0. The summed E-state index contributed by atoms with van der Waals surface area (Å²) in [6, 6.07) is 2.06. The van der Waals surface area contributed by atoms with Gasteiger partial charge >= 0.3 is 0 Å². The van der Waals surface area contributed by atoms with Gasteiger partial charge in [0.15, 0.2) is 0 Å². The fourth-order valence-corrected chi connectivity index (χ4v) is 3.49. The van der Waals surface area contributed by atoms with Gasteiger partial charge in [-0.1, -0.05) is 0 Å². The average molecular weight is 278 g/mol. The number of hydrogen-bond acceptors (Lipinski definition) is 4. The highest BCUT2D eigenvalue weighted by Gasteiger charge is 2.53. The van der Waals surface area contributed by atoms with E-state index in [2.05, 4.69) is 21.4 Å². The SMILES string of the molecule is N#Cc1cncnc1NC12CCC(C(F)F)(CC1)CC2. The standard InChI is InChI=1S/C14H16F2N4/c15-12(16)13-1-4-14(5-2-13,6-3-13)20-11-10(7-17)8-18-9-19-11/h8-9,12H,1-6H2,(H,18,19,20). The first kappa shape index (κ1) is 13.2. The second-order valence-corrected chi connectivity index (χ2v) is 5.97. The third-order valence-electron chi connectivity index (χ3n) is 4.98. The largest absolute Gasteiger partial charge is 0.363 e. The molecule has 1 aromatic heterocycles. The Labute approximate surface area is 116 Å². The van der Waals surface area contributed by atoms with E-state index in [0.717, 1.165) is 0 Å². The van der Waals surface area contributed by atoms with Crippen LogP contribution in [0.5, 0.6) is 0 Å². The van der Waals surface area contributed by atoms with Crippen LogP contribution in [0.4, 0.5) is 14.6 Å². The van der Waals surface area contributed by atoms with Crippen LogP contribution in [0.2, 0.25) is 0 Å². The van der Waals surface area contributed by atoms with Gasteiger partial charge in [0.1, 0.15) is 23.8 Å². The molecule has 4 rings (SSSR count). The van der Waals surface area contributed by atoms with Crippen molar-refractivity contribution in [1.29, 1.82) is 5.26 Å². The van der Waals surface area contributed by atoms with Crippen molar-refractivity contribution in [2.24, 2.45) is 5.41 Å². The highest BCUT2D eigenvalue weighted by Crippen LogP contribution is 2.56. The number of alkyl halides is 2. The van der Waals surface area contributed by atoms with Crippen molar-refractivity contribution >= 4 is 5.82 Å². The molecule has 0 aliphatic heterocycles. The van der Waals surface area contributed by atoms with Crippen LogP contribution in [-0.4, -0.2) is 21.9 Å². The van der Waals surface area contributed by atoms with E-state index in [9.17, 15) is 8.78 Å². The zero-order valence-electron chi connectivity index (χ0n) is 11.1. The molecule has 3 aliphatic rings. The van der Waals surface area contributed by atoms with Crippen molar-refractivity contribution in [3.63, 3.8) is 0 Å². The van der Waals surface area contributed by atoms with Crippen LogP contribution in [0.25, 0.3) is 0 Å². The van der Waals surface area contributed by atoms with Gasteiger partial charge in [0, 0.05) is 11.0 Å². The molecule has 0 saturated heterocycles. The van der Waals surface area contributed by atoms with E-state index in [1.165, 1.54) is 12.5 Å². The van der Waals surface area contributed by atoms with Crippen molar-refractivity contribution < 1.29 is 8.78 Å². The van der Waals surface area contributed by atoms with Crippen LogP contribution < -0.4 is 5.32 Å². The number of nitrogens with one attached hydrogen (secondary N) is 1. The molecule has 0 radical (unpaired) electrons. The highest BCUT2D eigenvalue weighted by molar-refractivity contribution is 5.51. The van der Waals surface area contributed by atoms with E-state index in [4.69, 9.17) is 5.26 Å². The van der Waals surface area contributed by atoms with Gasteiger partial charge in [-0.3, -0.25) is 0 Å². The summed E-state index contributed by atoms with van der Waals surface area (Å²) in [6.07, 6.45) is 4.43. The molecule has 2 bridgehead atoms. The Morgan fingerprint density at radius 3 is 2.40 bits per heavy atom. The molecule has 1 heterocycles. The second-order valence-electron chi connectivity index (χ2n) is 5.97. The van der Waals surface area contributed by atoms with Crippen molar-refractivity contribution in [2.45, 2.75) is 50.5 Å². The normalized spacial score (nSPS) is 32.1. The lowest BCUT2D eigenvalue weighted by Gasteiger charge is -2.53. The molecule has 3 saturated carbocycles. The first-order valence-corrected chi connectivity index (χ1v) is 6.86. The first-order chi connectivity index (χ1) is 9.59. The Balaban J connectivity index is 1.79. The number of hydrogen-bond donors (Lipinski definition) is 1. The van der Waals surface area contributed by atoms with Crippen molar-refractivity contribution in [3.05, 3.63) is 18.1 Å². The summed E-state index contributed by atoms with van der Waals surface area (Å²) in [5.41, 5.74) is -0.554. The molecule has 0 spiro atoms. The number of rotatable bonds is 3. The van der Waals surface area contributed by atoms with Crippen LogP contribution >= 0.6 is 0 Å². The van der Waals surface area contributed by atoms with Gasteiger partial charge < -0.3 is 5.32 Å². The molecular weight excluding hydrogens is 262 g/mol. The van der Waals surface area contributed by atoms with Gasteiger partial charge in [-0.25, -0.2) is 18.7 Å². The lowest BCUT2D eigenvalue weighted by molar-refractivity contribution is -0.0780. The summed E-state index contributed by atoms with van der Waals surface area (Å²) < 4.78 is 26.4. The summed E-state index contributed by atoms with van der Waals surface area (Å²) in [4.78, 5) is 7.94. The molecule has 1 N–H and O–H groups in total. The summed E-state index contributed by atoms with van der Waals surface area (Å²) >= 11 is 0. The van der Waals surface area contributed by atoms with Crippen LogP contribution in [0, 0.1) is 16.7 Å². The smallest absolute Gasteiger partial charge is 0.244 e. The van der Waals surface area contributed by atoms with E-state index in [-0.39, 0.29) is 5.54 Å². The number of nitrogens with zero attached hydrogens (tertiary/aromatic N) is 3. The Kier molecular flexibility index (Phi) is 3.08. The van der Waals surface area contributed by atoms with Crippen LogP contribution in [0.1, 0.15) is 44.1 Å². The Bertz CT molecular complexity index is 528. The molecule has 20 heavy (non-hydrogen) atoms. The first-order valence-electron chi connectivity index (χ1n) is 6.86. The summed E-state index contributed by atoms with van der Waals surface area (Å²) in [6.45, 7) is 0. The minimum atomic E-state index is -2.23. The highest BCUT2D eigenvalue weighted by atomic mass is 19.3. The van der Waals surface area contributed by atoms with E-state index in [0.29, 0.717) is 49.9 Å². The van der Waals surface area contributed by atoms with Crippen molar-refractivity contribution in [3.8, 4) is 6.07 Å². The Hall–Kier alpha value is -1.77. The van der Waals surface area contributed by atoms with Gasteiger partial charge in [0.2, 0.25) is 6.43 Å². The molecule has 4 nitrogen and oxygen atoms in total. The van der Waals surface area contributed by atoms with Gasteiger partial charge in [0.05, 0.1) is 6.20 Å². The quantitative estimate of drug-likeness (QED) is 0.922. The van der Waals surface area contributed by atoms with Gasteiger partial charge in [-0.05, 0) is 38.5 Å². The number of nitriles is 1. The van der Waals surface area contributed by atoms with Gasteiger partial charge in [0.25, 0.3) is 0 Å². The minimum Gasteiger partial charge on any atom is -0.363 e. The van der Waals surface area contributed by atoms with Crippen LogP contribution in [0.15, 0.2) is 12.5 Å². The molecule has 0 aromatic carbocycles. The molecule has 3 aliphatic carbocycles. The molecule has 0 unspecified atom stereocenters. The second kappa shape index (κ2) is 4.65. The molecule has 1 aromatic rings. The number of halogens is 2. The third-order valence-corrected chi connectivity index (χ3v) is 4.98. The maximum absolute atomic E-state index is 13.2. The van der Waals surface area contributed by atoms with Gasteiger partial charge in [-0.15, -0.1) is 0 Å². The topological polar surface area (TPSA) is 61.6 Å². The molecular formula is C14H16F2N4. The third kappa shape index (κ3) is 2.01. The predicted molar refractivity (Wildman–Crippen MR) is 69.2 cm³/mol. The molecule has 6 heteroatoms. The molecule has 106 valence electrons. The number of fused-ring (bicyclic) bond motifs is 3. The van der Waals surface area contributed by atoms with Crippen LogP contribution in [0.3, 0.4) is 0 Å². The van der Waals surface area contributed by atoms with E-state index in [1.54, 1.807) is 0 Å².